The van der Waals surface area contributed by atoms with Gasteiger partial charge in [-0.05, 0) is 35.7 Å². The number of rotatable bonds is 6. The van der Waals surface area contributed by atoms with Crippen molar-refractivity contribution in [2.24, 2.45) is 0 Å². The van der Waals surface area contributed by atoms with Crippen molar-refractivity contribution in [2.45, 2.75) is 6.61 Å². The third kappa shape index (κ3) is 4.44. The lowest BCUT2D eigenvalue weighted by Crippen LogP contribution is -2.21. The molecule has 0 atom stereocenters. The largest absolute Gasteiger partial charge is 0.435 e. The maximum Gasteiger partial charge on any atom is 0.387 e. The van der Waals surface area contributed by atoms with Crippen molar-refractivity contribution in [1.82, 2.24) is 0 Å². The predicted octanol–water partition coefficient (Wildman–Crippen LogP) is 4.49. The molecule has 6 heteroatoms. The monoisotopic (exact) mass is 342 g/mol. The average molecular weight is 342 g/mol. The van der Waals surface area contributed by atoms with Crippen molar-refractivity contribution in [3.05, 3.63) is 66.7 Å². The summed E-state index contributed by atoms with van der Waals surface area (Å²) >= 11 is 0. The highest BCUT2D eigenvalue weighted by Gasteiger charge is 2.06. The number of halogens is 2. The number of hydrogen-bond donors (Lipinski definition) is 2. The van der Waals surface area contributed by atoms with Crippen LogP contribution in [0, 0.1) is 0 Å². The zero-order chi connectivity index (χ0) is 17.6. The summed E-state index contributed by atoms with van der Waals surface area (Å²) in [6, 6.07) is 19.5. The van der Waals surface area contributed by atoms with Crippen LogP contribution >= 0.6 is 0 Å². The molecule has 0 radical (unpaired) electrons. The summed E-state index contributed by atoms with van der Waals surface area (Å²) in [5.41, 5.74) is 1.38. The van der Waals surface area contributed by atoms with Gasteiger partial charge in [-0.25, -0.2) is 0 Å². The van der Waals surface area contributed by atoms with Crippen LogP contribution in [-0.4, -0.2) is 19.1 Å². The van der Waals surface area contributed by atoms with Crippen LogP contribution in [0.1, 0.15) is 0 Å². The van der Waals surface area contributed by atoms with E-state index in [2.05, 4.69) is 15.4 Å². The van der Waals surface area contributed by atoms with Crippen LogP contribution in [0.15, 0.2) is 66.7 Å². The van der Waals surface area contributed by atoms with Gasteiger partial charge in [-0.15, -0.1) is 0 Å². The van der Waals surface area contributed by atoms with E-state index in [1.807, 2.05) is 42.5 Å². The van der Waals surface area contributed by atoms with Crippen LogP contribution in [0.2, 0.25) is 0 Å². The molecule has 0 saturated carbocycles. The summed E-state index contributed by atoms with van der Waals surface area (Å²) in [4.78, 5) is 12.1. The smallest absolute Gasteiger partial charge is 0.387 e. The van der Waals surface area contributed by atoms with Gasteiger partial charge in [0, 0.05) is 16.8 Å². The molecule has 1 amide bonds. The van der Waals surface area contributed by atoms with Gasteiger partial charge in [0.25, 0.3) is 0 Å². The lowest BCUT2D eigenvalue weighted by molar-refractivity contribution is -0.114. The first-order valence-corrected chi connectivity index (χ1v) is 7.68. The Kier molecular flexibility index (Phi) is 5.09. The highest BCUT2D eigenvalue weighted by molar-refractivity contribution is 5.97. The van der Waals surface area contributed by atoms with Gasteiger partial charge in [-0.3, -0.25) is 4.79 Å². The minimum Gasteiger partial charge on any atom is -0.435 e. The quantitative estimate of drug-likeness (QED) is 0.694. The summed E-state index contributed by atoms with van der Waals surface area (Å²) in [5.74, 6) is -0.197. The van der Waals surface area contributed by atoms with E-state index in [4.69, 9.17) is 0 Å². The number of benzene rings is 3. The number of ether oxygens (including phenoxy) is 1. The molecule has 4 nitrogen and oxygen atoms in total. The fourth-order valence-electron chi connectivity index (χ4n) is 2.48. The van der Waals surface area contributed by atoms with E-state index in [0.717, 1.165) is 16.5 Å². The number of alkyl halides is 2. The highest BCUT2D eigenvalue weighted by Crippen LogP contribution is 2.23. The number of nitrogens with one attached hydrogen (secondary N) is 2. The Hall–Kier alpha value is -3.15. The van der Waals surface area contributed by atoms with Crippen LogP contribution in [0.25, 0.3) is 10.8 Å². The number of carbonyl (C=O) groups is 1. The molecule has 3 aromatic rings. The van der Waals surface area contributed by atoms with Gasteiger partial charge in [-0.1, -0.05) is 36.4 Å². The third-order valence-corrected chi connectivity index (χ3v) is 3.59. The average Bonchev–Trinajstić information content (AvgIpc) is 2.61. The highest BCUT2D eigenvalue weighted by atomic mass is 19.3. The van der Waals surface area contributed by atoms with Crippen LogP contribution < -0.4 is 15.4 Å². The molecule has 2 N–H and O–H groups in total. The number of anilines is 2. The van der Waals surface area contributed by atoms with Crippen LogP contribution in [0.3, 0.4) is 0 Å². The SMILES string of the molecule is O=C(CNc1cccc2ccccc12)Nc1ccc(OC(F)F)cc1. The summed E-state index contributed by atoms with van der Waals surface area (Å²) in [7, 11) is 0. The van der Waals surface area contributed by atoms with Gasteiger partial charge < -0.3 is 15.4 Å². The number of amides is 1. The molecule has 0 saturated heterocycles. The fraction of sp³-hybridized carbons (Fsp3) is 0.105. The Morgan fingerprint density at radius 2 is 1.68 bits per heavy atom. The molecule has 25 heavy (non-hydrogen) atoms. The zero-order valence-corrected chi connectivity index (χ0v) is 13.2. The number of carbonyl (C=O) groups excluding carboxylic acids is 1. The molecular weight excluding hydrogens is 326 g/mol. The lowest BCUT2D eigenvalue weighted by Gasteiger charge is -2.11. The van der Waals surface area contributed by atoms with E-state index in [1.165, 1.54) is 24.3 Å². The Bertz CT molecular complexity index is 861. The van der Waals surface area contributed by atoms with Gasteiger partial charge in [0.1, 0.15) is 5.75 Å². The molecule has 0 heterocycles. The topological polar surface area (TPSA) is 50.4 Å². The molecule has 0 spiro atoms. The van der Waals surface area contributed by atoms with Crippen molar-refractivity contribution < 1.29 is 18.3 Å². The molecule has 0 aliphatic rings. The Morgan fingerprint density at radius 1 is 0.960 bits per heavy atom. The Morgan fingerprint density at radius 3 is 2.44 bits per heavy atom. The van der Waals surface area contributed by atoms with E-state index in [-0.39, 0.29) is 18.2 Å². The van der Waals surface area contributed by atoms with Crippen LogP contribution in [0.4, 0.5) is 20.2 Å². The second-order valence-electron chi connectivity index (χ2n) is 5.33. The second-order valence-corrected chi connectivity index (χ2v) is 5.33. The van der Waals surface area contributed by atoms with Crippen LogP contribution in [-0.2, 0) is 4.79 Å². The van der Waals surface area contributed by atoms with E-state index in [1.54, 1.807) is 0 Å². The zero-order valence-electron chi connectivity index (χ0n) is 13.2. The van der Waals surface area contributed by atoms with Gasteiger partial charge >= 0.3 is 6.61 Å². The molecule has 0 aromatic heterocycles. The molecule has 0 fully saturated rings. The number of fused-ring (bicyclic) bond motifs is 1. The summed E-state index contributed by atoms with van der Waals surface area (Å²) in [6.45, 7) is -2.78. The third-order valence-electron chi connectivity index (χ3n) is 3.59. The Labute approximate surface area is 143 Å². The Balaban J connectivity index is 1.59. The maximum atomic E-state index is 12.1. The molecule has 3 rings (SSSR count). The minimum absolute atomic E-state index is 0.0434. The second kappa shape index (κ2) is 7.61. The number of hydrogen-bond acceptors (Lipinski definition) is 3. The van der Waals surface area contributed by atoms with Crippen molar-refractivity contribution in [2.75, 3.05) is 17.2 Å². The van der Waals surface area contributed by atoms with Crippen molar-refractivity contribution in [3.8, 4) is 5.75 Å². The molecule has 128 valence electrons. The summed E-state index contributed by atoms with van der Waals surface area (Å²) in [5, 5.41) is 7.92. The summed E-state index contributed by atoms with van der Waals surface area (Å²) < 4.78 is 28.5. The minimum atomic E-state index is -2.87. The van der Waals surface area contributed by atoms with Gasteiger partial charge in [0.05, 0.1) is 6.54 Å². The van der Waals surface area contributed by atoms with Gasteiger partial charge in [0.2, 0.25) is 5.91 Å². The molecule has 0 bridgehead atoms. The van der Waals surface area contributed by atoms with E-state index >= 15 is 0 Å². The maximum absolute atomic E-state index is 12.1. The van der Waals surface area contributed by atoms with Crippen molar-refractivity contribution in [1.29, 1.82) is 0 Å². The van der Waals surface area contributed by atoms with E-state index in [9.17, 15) is 13.6 Å². The van der Waals surface area contributed by atoms with Crippen molar-refractivity contribution >= 4 is 28.1 Å². The molecule has 0 aliphatic heterocycles. The molecule has 0 unspecified atom stereocenters. The van der Waals surface area contributed by atoms with Gasteiger partial charge in [-0.2, -0.15) is 8.78 Å². The fourth-order valence-corrected chi connectivity index (χ4v) is 2.48. The molecule has 3 aromatic carbocycles. The summed E-state index contributed by atoms with van der Waals surface area (Å²) in [6.07, 6.45) is 0. The standard InChI is InChI=1S/C19H16F2N2O2/c20-19(21)25-15-10-8-14(9-11-15)23-18(24)12-22-17-7-3-5-13-4-1-2-6-16(13)17/h1-11,19,22H,12H2,(H,23,24). The molecule has 0 aliphatic carbocycles. The molecular formula is C19H16F2N2O2. The van der Waals surface area contributed by atoms with Crippen LogP contribution in [0.5, 0.6) is 5.75 Å². The first-order valence-electron chi connectivity index (χ1n) is 7.68. The normalized spacial score (nSPS) is 10.7. The van der Waals surface area contributed by atoms with E-state index in [0.29, 0.717) is 5.69 Å². The lowest BCUT2D eigenvalue weighted by atomic mass is 10.1. The first-order chi connectivity index (χ1) is 12.1. The van der Waals surface area contributed by atoms with E-state index < -0.39 is 6.61 Å². The van der Waals surface area contributed by atoms with Gasteiger partial charge in [0.15, 0.2) is 0 Å². The predicted molar refractivity (Wildman–Crippen MR) is 94.1 cm³/mol. The first kappa shape index (κ1) is 16.7. The van der Waals surface area contributed by atoms with Crippen molar-refractivity contribution in [3.63, 3.8) is 0 Å².